The second-order valence-electron chi connectivity index (χ2n) is 3.38. The molecule has 2 aromatic heterocycles. The summed E-state index contributed by atoms with van der Waals surface area (Å²) in [6.07, 6.45) is 4.65. The van der Waals surface area contributed by atoms with Gasteiger partial charge in [-0.25, -0.2) is 4.52 Å². The predicted molar refractivity (Wildman–Crippen MR) is 52.5 cm³/mol. The zero-order chi connectivity index (χ0) is 9.26. The Labute approximate surface area is 77.2 Å². The predicted octanol–water partition coefficient (Wildman–Crippen LogP) is 1.22. The number of hydrogen-bond acceptors (Lipinski definition) is 2. The zero-order valence-corrected chi connectivity index (χ0v) is 7.64. The standard InChI is InChI=1S/C10H13N3/c1-8(11)7-9-3-2-6-13-10(9)4-5-12-13/h2-6,8H,7,11H2,1H3. The number of hydrogen-bond donors (Lipinski definition) is 1. The molecule has 0 saturated heterocycles. The molecular formula is C10H13N3. The summed E-state index contributed by atoms with van der Waals surface area (Å²) in [6, 6.07) is 6.30. The van der Waals surface area contributed by atoms with E-state index in [1.54, 1.807) is 6.20 Å². The van der Waals surface area contributed by atoms with Crippen LogP contribution in [0.25, 0.3) is 5.52 Å². The van der Waals surface area contributed by atoms with Gasteiger partial charge in [-0.15, -0.1) is 0 Å². The molecule has 0 aliphatic rings. The van der Waals surface area contributed by atoms with Crippen LogP contribution in [-0.4, -0.2) is 15.7 Å². The van der Waals surface area contributed by atoms with E-state index >= 15 is 0 Å². The first-order valence-electron chi connectivity index (χ1n) is 4.44. The number of nitrogens with zero attached hydrogens (tertiary/aromatic N) is 2. The van der Waals surface area contributed by atoms with Gasteiger partial charge in [-0.05, 0) is 31.0 Å². The molecule has 2 aromatic rings. The van der Waals surface area contributed by atoms with Gasteiger partial charge >= 0.3 is 0 Å². The lowest BCUT2D eigenvalue weighted by atomic mass is 10.1. The summed E-state index contributed by atoms with van der Waals surface area (Å²) in [5.74, 6) is 0. The molecule has 1 atom stereocenters. The minimum absolute atomic E-state index is 0.195. The van der Waals surface area contributed by atoms with E-state index in [0.717, 1.165) is 11.9 Å². The number of nitrogens with two attached hydrogens (primary N) is 1. The van der Waals surface area contributed by atoms with Crippen molar-refractivity contribution in [2.75, 3.05) is 0 Å². The summed E-state index contributed by atoms with van der Waals surface area (Å²) in [5.41, 5.74) is 8.17. The van der Waals surface area contributed by atoms with Crippen LogP contribution in [0.5, 0.6) is 0 Å². The molecule has 0 amide bonds. The van der Waals surface area contributed by atoms with Gasteiger partial charge in [0.25, 0.3) is 0 Å². The quantitative estimate of drug-likeness (QED) is 0.745. The van der Waals surface area contributed by atoms with Crippen molar-refractivity contribution in [1.29, 1.82) is 0 Å². The maximum Gasteiger partial charge on any atom is 0.0694 e. The van der Waals surface area contributed by atoms with Gasteiger partial charge in [0.2, 0.25) is 0 Å². The van der Waals surface area contributed by atoms with Crippen LogP contribution < -0.4 is 5.73 Å². The van der Waals surface area contributed by atoms with Crippen LogP contribution in [0.15, 0.2) is 30.6 Å². The minimum atomic E-state index is 0.195. The Bertz CT molecular complexity index is 403. The van der Waals surface area contributed by atoms with E-state index in [2.05, 4.69) is 11.2 Å². The Morgan fingerprint density at radius 2 is 2.38 bits per heavy atom. The third-order valence-corrected chi connectivity index (χ3v) is 2.07. The van der Waals surface area contributed by atoms with Crippen molar-refractivity contribution in [3.8, 4) is 0 Å². The Balaban J connectivity index is 2.48. The molecule has 0 radical (unpaired) electrons. The van der Waals surface area contributed by atoms with E-state index < -0.39 is 0 Å². The van der Waals surface area contributed by atoms with Crippen LogP contribution in [0.4, 0.5) is 0 Å². The minimum Gasteiger partial charge on any atom is -0.328 e. The molecule has 1 unspecified atom stereocenters. The molecule has 2 heterocycles. The lowest BCUT2D eigenvalue weighted by Crippen LogP contribution is -2.18. The molecule has 0 aromatic carbocycles. The summed E-state index contributed by atoms with van der Waals surface area (Å²) < 4.78 is 1.87. The lowest BCUT2D eigenvalue weighted by Gasteiger charge is -2.06. The molecule has 2 N–H and O–H groups in total. The Morgan fingerprint density at radius 3 is 3.15 bits per heavy atom. The molecular weight excluding hydrogens is 162 g/mol. The largest absolute Gasteiger partial charge is 0.328 e. The number of fused-ring (bicyclic) bond motifs is 1. The number of pyridine rings is 1. The summed E-state index contributed by atoms with van der Waals surface area (Å²) in [7, 11) is 0. The highest BCUT2D eigenvalue weighted by Crippen LogP contribution is 2.11. The second-order valence-corrected chi connectivity index (χ2v) is 3.38. The van der Waals surface area contributed by atoms with Gasteiger partial charge in [-0.2, -0.15) is 5.10 Å². The van der Waals surface area contributed by atoms with Crippen molar-refractivity contribution in [3.05, 3.63) is 36.2 Å². The van der Waals surface area contributed by atoms with Gasteiger partial charge in [0.05, 0.1) is 5.52 Å². The van der Waals surface area contributed by atoms with Crippen LogP contribution in [0.2, 0.25) is 0 Å². The van der Waals surface area contributed by atoms with Gasteiger partial charge in [-0.3, -0.25) is 0 Å². The van der Waals surface area contributed by atoms with Gasteiger partial charge in [0.15, 0.2) is 0 Å². The summed E-state index contributed by atoms with van der Waals surface area (Å²) in [4.78, 5) is 0. The molecule has 13 heavy (non-hydrogen) atoms. The lowest BCUT2D eigenvalue weighted by molar-refractivity contribution is 0.737. The highest BCUT2D eigenvalue weighted by molar-refractivity contribution is 5.53. The molecule has 0 bridgehead atoms. The molecule has 0 aliphatic carbocycles. The Kier molecular flexibility index (Phi) is 2.02. The maximum absolute atomic E-state index is 5.75. The number of aromatic nitrogens is 2. The van der Waals surface area contributed by atoms with Crippen LogP contribution in [-0.2, 0) is 6.42 Å². The molecule has 3 nitrogen and oxygen atoms in total. The van der Waals surface area contributed by atoms with E-state index in [9.17, 15) is 0 Å². The third kappa shape index (κ3) is 1.55. The van der Waals surface area contributed by atoms with Crippen molar-refractivity contribution in [1.82, 2.24) is 9.61 Å². The Hall–Kier alpha value is -1.35. The van der Waals surface area contributed by atoms with Crippen LogP contribution in [0, 0.1) is 0 Å². The summed E-state index contributed by atoms with van der Waals surface area (Å²) >= 11 is 0. The average Bonchev–Trinajstić information content (AvgIpc) is 2.51. The summed E-state index contributed by atoms with van der Waals surface area (Å²) in [6.45, 7) is 2.01. The van der Waals surface area contributed by atoms with Crippen molar-refractivity contribution in [3.63, 3.8) is 0 Å². The normalized spacial score (nSPS) is 13.4. The molecule has 0 saturated carbocycles. The van der Waals surface area contributed by atoms with E-state index in [1.165, 1.54) is 5.56 Å². The first-order valence-corrected chi connectivity index (χ1v) is 4.44. The number of rotatable bonds is 2. The van der Waals surface area contributed by atoms with E-state index in [1.807, 2.05) is 29.8 Å². The first-order chi connectivity index (χ1) is 6.27. The molecule has 2 rings (SSSR count). The average molecular weight is 175 g/mol. The summed E-state index contributed by atoms with van der Waals surface area (Å²) in [5, 5.41) is 4.16. The molecule has 0 fully saturated rings. The van der Waals surface area contributed by atoms with E-state index in [4.69, 9.17) is 5.73 Å². The highest BCUT2D eigenvalue weighted by Gasteiger charge is 2.03. The van der Waals surface area contributed by atoms with Gasteiger partial charge in [0.1, 0.15) is 0 Å². The van der Waals surface area contributed by atoms with Crippen molar-refractivity contribution < 1.29 is 0 Å². The maximum atomic E-state index is 5.75. The van der Waals surface area contributed by atoms with Crippen LogP contribution >= 0.6 is 0 Å². The fraction of sp³-hybridized carbons (Fsp3) is 0.300. The van der Waals surface area contributed by atoms with Gasteiger partial charge < -0.3 is 5.73 Å². The van der Waals surface area contributed by atoms with Gasteiger partial charge in [0, 0.05) is 18.4 Å². The van der Waals surface area contributed by atoms with E-state index in [-0.39, 0.29) is 6.04 Å². The SMILES string of the molecule is CC(N)Cc1cccn2nccc12. The zero-order valence-electron chi connectivity index (χ0n) is 7.64. The molecule has 68 valence electrons. The van der Waals surface area contributed by atoms with Crippen LogP contribution in [0.3, 0.4) is 0 Å². The fourth-order valence-corrected chi connectivity index (χ4v) is 1.53. The Morgan fingerprint density at radius 1 is 1.54 bits per heavy atom. The van der Waals surface area contributed by atoms with E-state index in [0.29, 0.717) is 0 Å². The fourth-order valence-electron chi connectivity index (χ4n) is 1.53. The second kappa shape index (κ2) is 3.18. The highest BCUT2D eigenvalue weighted by atomic mass is 15.2. The smallest absolute Gasteiger partial charge is 0.0694 e. The van der Waals surface area contributed by atoms with Gasteiger partial charge in [-0.1, -0.05) is 6.07 Å². The third-order valence-electron chi connectivity index (χ3n) is 2.07. The van der Waals surface area contributed by atoms with Crippen molar-refractivity contribution in [2.45, 2.75) is 19.4 Å². The van der Waals surface area contributed by atoms with Crippen LogP contribution in [0.1, 0.15) is 12.5 Å². The molecule has 3 heteroatoms. The first kappa shape index (κ1) is 8.26. The molecule has 0 spiro atoms. The molecule has 0 aliphatic heterocycles. The topological polar surface area (TPSA) is 43.3 Å². The monoisotopic (exact) mass is 175 g/mol. The van der Waals surface area contributed by atoms with Crippen molar-refractivity contribution >= 4 is 5.52 Å². The van der Waals surface area contributed by atoms with Crippen molar-refractivity contribution in [2.24, 2.45) is 5.73 Å².